The summed E-state index contributed by atoms with van der Waals surface area (Å²) >= 11 is 11.4. The zero-order valence-electron chi connectivity index (χ0n) is 12.2. The first-order valence-electron chi connectivity index (χ1n) is 6.23. The van der Waals surface area contributed by atoms with E-state index in [1.165, 1.54) is 0 Å². The van der Waals surface area contributed by atoms with Crippen molar-refractivity contribution in [2.75, 3.05) is 26.4 Å². The van der Waals surface area contributed by atoms with Gasteiger partial charge in [-0.25, -0.2) is 18.2 Å². The van der Waals surface area contributed by atoms with Crippen LogP contribution in [-0.4, -0.2) is 31.1 Å². The molecule has 0 rings (SSSR count). The average Bonchev–Trinajstić information content (AvgIpc) is 2.27. The maximum Gasteiger partial charge on any atom is 0.479 e. The molecule has 0 aliphatic heterocycles. The lowest BCUT2D eigenvalue weighted by Gasteiger charge is -2.27. The Hall–Kier alpha value is 0.800. The Kier molecular flexibility index (Phi) is 10.2. The van der Waals surface area contributed by atoms with E-state index >= 15 is 0 Å². The van der Waals surface area contributed by atoms with Gasteiger partial charge in [-0.15, -0.1) is 0 Å². The van der Waals surface area contributed by atoms with Gasteiger partial charge in [-0.2, -0.15) is 0 Å². The number of halogens is 2. The molecule has 0 saturated carbocycles. The van der Waals surface area contributed by atoms with Gasteiger partial charge in [0.05, 0.1) is 26.4 Å². The monoisotopic (exact) mass is 388 g/mol. The summed E-state index contributed by atoms with van der Waals surface area (Å²) < 4.78 is 50.6. The van der Waals surface area contributed by atoms with Crippen LogP contribution in [0.15, 0.2) is 0 Å². The summed E-state index contributed by atoms with van der Waals surface area (Å²) in [5.74, 6) is 0. The summed E-state index contributed by atoms with van der Waals surface area (Å²) in [6, 6.07) is 0. The minimum absolute atomic E-state index is 0.00964. The van der Waals surface area contributed by atoms with Crippen molar-refractivity contribution in [1.82, 2.24) is 0 Å². The number of rotatable bonds is 12. The predicted octanol–water partition coefficient (Wildman–Crippen LogP) is 4.47. The molecule has 0 aliphatic carbocycles. The summed E-state index contributed by atoms with van der Waals surface area (Å²) in [5, 5.41) is 0. The number of phosphoric ester groups is 2. The highest BCUT2D eigenvalue weighted by molar-refractivity contribution is 7.49. The molecule has 0 spiro atoms. The molecule has 8 nitrogen and oxygen atoms in total. The van der Waals surface area contributed by atoms with Crippen LogP contribution in [0.25, 0.3) is 0 Å². The number of phosphoric acid groups is 2. The highest BCUT2D eigenvalue weighted by atomic mass is 35.5. The van der Waals surface area contributed by atoms with E-state index in [1.807, 2.05) is 0 Å². The summed E-state index contributed by atoms with van der Waals surface area (Å²) in [4.78, 5) is 0. The Labute approximate surface area is 134 Å². The summed E-state index contributed by atoms with van der Waals surface area (Å²) in [6.07, 6.45) is 0. The predicted molar refractivity (Wildman–Crippen MR) is 78.3 cm³/mol. The molecule has 0 fully saturated rings. The molecule has 0 bridgehead atoms. The Bertz CT molecular complexity index is 338. The molecule has 0 atom stereocenters. The molecular weight excluding hydrogens is 369 g/mol. The van der Waals surface area contributed by atoms with E-state index in [0.29, 0.717) is 0 Å². The Morgan fingerprint density at radius 1 is 0.714 bits per heavy atom. The second-order valence-corrected chi connectivity index (χ2v) is 7.59. The minimum atomic E-state index is -4.09. The van der Waals surface area contributed by atoms with Crippen molar-refractivity contribution in [3.63, 3.8) is 0 Å². The molecule has 0 aliphatic rings. The van der Waals surface area contributed by atoms with E-state index in [0.717, 1.165) is 0 Å². The fourth-order valence-electron chi connectivity index (χ4n) is 1.09. The molecule has 0 aromatic carbocycles. The summed E-state index contributed by atoms with van der Waals surface area (Å²) in [5.41, 5.74) is 0. The molecule has 128 valence electrons. The van der Waals surface area contributed by atoms with Crippen LogP contribution in [0, 0.1) is 0 Å². The second kappa shape index (κ2) is 9.83. The fourth-order valence-corrected chi connectivity index (χ4v) is 4.38. The molecular formula is C9H20Cl2O8P2. The van der Waals surface area contributed by atoms with E-state index in [-0.39, 0.29) is 26.4 Å². The van der Waals surface area contributed by atoms with Gasteiger partial charge in [0.25, 0.3) is 0 Å². The van der Waals surface area contributed by atoms with E-state index < -0.39 is 20.4 Å². The Morgan fingerprint density at radius 3 is 1.14 bits per heavy atom. The van der Waals surface area contributed by atoms with Crippen molar-refractivity contribution in [3.05, 3.63) is 0 Å². The molecule has 0 N–H and O–H groups in total. The van der Waals surface area contributed by atoms with Gasteiger partial charge in [0.2, 0.25) is 0 Å². The van der Waals surface area contributed by atoms with Crippen molar-refractivity contribution < 1.29 is 36.3 Å². The van der Waals surface area contributed by atoms with Crippen LogP contribution in [0.5, 0.6) is 0 Å². The molecule has 0 radical (unpaired) electrons. The Morgan fingerprint density at radius 2 is 0.952 bits per heavy atom. The van der Waals surface area contributed by atoms with Crippen LogP contribution in [0.2, 0.25) is 0 Å². The molecule has 0 aromatic heterocycles. The molecule has 0 amide bonds. The van der Waals surface area contributed by atoms with Crippen LogP contribution in [-0.2, 0) is 36.3 Å². The Balaban J connectivity index is 5.00. The first-order chi connectivity index (χ1) is 9.66. The lowest BCUT2D eigenvalue weighted by molar-refractivity contribution is -0.0309. The van der Waals surface area contributed by atoms with Crippen LogP contribution >= 0.6 is 38.8 Å². The van der Waals surface area contributed by atoms with Crippen LogP contribution < -0.4 is 0 Å². The summed E-state index contributed by atoms with van der Waals surface area (Å²) in [7, 11) is -8.17. The van der Waals surface area contributed by atoms with Gasteiger partial charge in [0, 0.05) is 0 Å². The average molecular weight is 389 g/mol. The second-order valence-electron chi connectivity index (χ2n) is 3.21. The molecule has 0 heterocycles. The topological polar surface area (TPSA) is 89.5 Å². The maximum absolute atomic E-state index is 12.1. The largest absolute Gasteiger partial charge is 0.479 e. The van der Waals surface area contributed by atoms with Gasteiger partial charge in [-0.05, 0) is 50.9 Å². The van der Waals surface area contributed by atoms with E-state index in [9.17, 15) is 9.13 Å². The third-order valence-electron chi connectivity index (χ3n) is 1.59. The first kappa shape index (κ1) is 21.8. The van der Waals surface area contributed by atoms with Crippen LogP contribution in [0.3, 0.4) is 0 Å². The SMILES string of the molecule is CCOP(=O)(OCC)OC(Cl)(Cl)OP(=O)(OCC)OCC. The lowest BCUT2D eigenvalue weighted by Crippen LogP contribution is -2.22. The summed E-state index contributed by atoms with van der Waals surface area (Å²) in [6.45, 7) is 6.28. The van der Waals surface area contributed by atoms with Crippen molar-refractivity contribution in [2.24, 2.45) is 0 Å². The van der Waals surface area contributed by atoms with Crippen LogP contribution in [0.4, 0.5) is 0 Å². The number of hydrogen-bond donors (Lipinski definition) is 0. The van der Waals surface area contributed by atoms with Crippen molar-refractivity contribution >= 4 is 38.8 Å². The van der Waals surface area contributed by atoms with Crippen molar-refractivity contribution in [1.29, 1.82) is 0 Å². The normalized spacial score (nSPS) is 13.6. The van der Waals surface area contributed by atoms with Gasteiger partial charge in [-0.3, -0.25) is 18.1 Å². The number of alkyl halides is 2. The van der Waals surface area contributed by atoms with E-state index in [2.05, 4.69) is 0 Å². The number of hydrogen-bond acceptors (Lipinski definition) is 8. The van der Waals surface area contributed by atoms with E-state index in [1.54, 1.807) is 27.7 Å². The zero-order chi connectivity index (χ0) is 16.6. The smallest absolute Gasteiger partial charge is 0.287 e. The zero-order valence-corrected chi connectivity index (χ0v) is 15.5. The molecule has 12 heteroatoms. The van der Waals surface area contributed by atoms with Gasteiger partial charge < -0.3 is 0 Å². The highest BCUT2D eigenvalue weighted by Crippen LogP contribution is 2.61. The minimum Gasteiger partial charge on any atom is -0.287 e. The highest BCUT2D eigenvalue weighted by Gasteiger charge is 2.46. The third-order valence-corrected chi connectivity index (χ3v) is 5.58. The quantitative estimate of drug-likeness (QED) is 0.274. The van der Waals surface area contributed by atoms with Gasteiger partial charge in [-0.1, -0.05) is 0 Å². The molecule has 21 heavy (non-hydrogen) atoms. The van der Waals surface area contributed by atoms with Gasteiger partial charge in [0.1, 0.15) is 0 Å². The standard InChI is InChI=1S/C9H20Cl2O8P2/c1-5-14-20(12,15-6-2)18-9(10,11)19-21(13,16-7-3)17-8-4/h5-8H2,1-4H3. The lowest BCUT2D eigenvalue weighted by atomic mass is 10.9. The van der Waals surface area contributed by atoms with Crippen molar-refractivity contribution in [3.8, 4) is 0 Å². The molecule has 0 unspecified atom stereocenters. The molecule has 0 aromatic rings. The third kappa shape index (κ3) is 8.86. The van der Waals surface area contributed by atoms with Gasteiger partial charge >= 0.3 is 20.4 Å². The van der Waals surface area contributed by atoms with Crippen LogP contribution in [0.1, 0.15) is 27.7 Å². The van der Waals surface area contributed by atoms with Gasteiger partial charge in [0.15, 0.2) is 0 Å². The van der Waals surface area contributed by atoms with Crippen molar-refractivity contribution in [2.45, 2.75) is 32.4 Å². The molecule has 0 saturated heterocycles. The maximum atomic E-state index is 12.1. The van der Waals surface area contributed by atoms with E-state index in [4.69, 9.17) is 50.3 Å². The first-order valence-corrected chi connectivity index (χ1v) is 9.91. The fraction of sp³-hybridized carbons (Fsp3) is 1.00.